The Morgan fingerprint density at radius 3 is 2.37 bits per heavy atom. The van der Waals surface area contributed by atoms with E-state index in [9.17, 15) is 0 Å². The summed E-state index contributed by atoms with van der Waals surface area (Å²) in [6.45, 7) is 6.20. The molecule has 152 valence electrons. The molecule has 4 aromatic rings. The molecule has 0 spiro atoms. The molecule has 5 nitrogen and oxygen atoms in total. The van der Waals surface area contributed by atoms with Gasteiger partial charge in [-0.15, -0.1) is 5.10 Å². The van der Waals surface area contributed by atoms with Gasteiger partial charge in [-0.05, 0) is 44.6 Å². The van der Waals surface area contributed by atoms with E-state index in [-0.39, 0.29) is 0 Å². The Morgan fingerprint density at radius 1 is 0.900 bits per heavy atom. The van der Waals surface area contributed by atoms with Gasteiger partial charge in [-0.3, -0.25) is 0 Å². The predicted molar refractivity (Wildman–Crippen MR) is 121 cm³/mol. The molecule has 0 radical (unpaired) electrons. The minimum atomic E-state index is 0.673. The first-order valence-corrected chi connectivity index (χ1v) is 10.8. The lowest BCUT2D eigenvalue weighted by Gasteiger charge is -2.33. The van der Waals surface area contributed by atoms with Crippen LogP contribution >= 0.6 is 0 Å². The number of benzene rings is 2. The molecule has 0 saturated carbocycles. The van der Waals surface area contributed by atoms with E-state index in [4.69, 9.17) is 10.1 Å². The molecule has 0 atom stereocenters. The molecule has 2 aromatic heterocycles. The van der Waals surface area contributed by atoms with Gasteiger partial charge >= 0.3 is 0 Å². The zero-order valence-corrected chi connectivity index (χ0v) is 17.6. The van der Waals surface area contributed by atoms with Crippen molar-refractivity contribution in [3.8, 4) is 11.4 Å². The van der Waals surface area contributed by atoms with E-state index in [2.05, 4.69) is 77.5 Å². The highest BCUT2D eigenvalue weighted by atomic mass is 15.4. The van der Waals surface area contributed by atoms with Crippen molar-refractivity contribution in [1.82, 2.24) is 19.6 Å². The number of hydrogen-bond donors (Lipinski definition) is 0. The maximum atomic E-state index is 4.82. The summed E-state index contributed by atoms with van der Waals surface area (Å²) in [6.07, 6.45) is 3.55. The standard InChI is InChI=1S/C25H27N5/c1-18-8-10-22(11-9-18)24-27-25-26-19(2)16-23(30(25)28-24)29-14-12-21(13-15-29)17-20-6-4-3-5-7-20/h3-11,16,21H,12-15,17H2,1-2H3. The Kier molecular flexibility index (Phi) is 4.95. The summed E-state index contributed by atoms with van der Waals surface area (Å²) in [4.78, 5) is 11.8. The van der Waals surface area contributed by atoms with Crippen LogP contribution in [0.25, 0.3) is 17.2 Å². The normalized spacial score (nSPS) is 15.1. The number of fused-ring (bicyclic) bond motifs is 1. The van der Waals surface area contributed by atoms with Crippen molar-refractivity contribution in [2.75, 3.05) is 18.0 Å². The van der Waals surface area contributed by atoms with Gasteiger partial charge in [0.25, 0.3) is 5.78 Å². The molecule has 0 bridgehead atoms. The summed E-state index contributed by atoms with van der Waals surface area (Å²) in [6, 6.07) is 21.3. The minimum absolute atomic E-state index is 0.673. The van der Waals surface area contributed by atoms with Crippen LogP contribution in [0.4, 0.5) is 5.82 Å². The van der Waals surface area contributed by atoms with Crippen molar-refractivity contribution in [2.45, 2.75) is 33.1 Å². The highest BCUT2D eigenvalue weighted by molar-refractivity contribution is 5.59. The Labute approximate surface area is 177 Å². The highest BCUT2D eigenvalue weighted by Gasteiger charge is 2.23. The van der Waals surface area contributed by atoms with Gasteiger partial charge in [0.2, 0.25) is 0 Å². The second kappa shape index (κ2) is 7.90. The molecular weight excluding hydrogens is 370 g/mol. The van der Waals surface area contributed by atoms with E-state index in [0.29, 0.717) is 5.78 Å². The van der Waals surface area contributed by atoms with Crippen molar-refractivity contribution < 1.29 is 0 Å². The van der Waals surface area contributed by atoms with E-state index in [1.54, 1.807) is 0 Å². The second-order valence-electron chi connectivity index (χ2n) is 8.39. The molecule has 0 amide bonds. The van der Waals surface area contributed by atoms with Gasteiger partial charge in [0.05, 0.1) is 0 Å². The van der Waals surface area contributed by atoms with Crippen LogP contribution < -0.4 is 4.90 Å². The first-order valence-electron chi connectivity index (χ1n) is 10.8. The van der Waals surface area contributed by atoms with E-state index in [1.807, 2.05) is 11.4 Å². The van der Waals surface area contributed by atoms with Crippen LogP contribution in [0.2, 0.25) is 0 Å². The van der Waals surface area contributed by atoms with Crippen LogP contribution in [0.15, 0.2) is 60.7 Å². The van der Waals surface area contributed by atoms with E-state index in [0.717, 1.165) is 41.9 Å². The van der Waals surface area contributed by atoms with Crippen molar-refractivity contribution in [3.05, 3.63) is 77.5 Å². The largest absolute Gasteiger partial charge is 0.356 e. The van der Waals surface area contributed by atoms with Crippen LogP contribution in [-0.4, -0.2) is 32.7 Å². The van der Waals surface area contributed by atoms with E-state index in [1.165, 1.54) is 30.4 Å². The fourth-order valence-corrected chi connectivity index (χ4v) is 4.33. The lowest BCUT2D eigenvalue weighted by molar-refractivity contribution is 0.401. The Bertz CT molecular complexity index is 1140. The van der Waals surface area contributed by atoms with Crippen LogP contribution in [0.5, 0.6) is 0 Å². The summed E-state index contributed by atoms with van der Waals surface area (Å²) in [5.41, 5.74) is 4.68. The highest BCUT2D eigenvalue weighted by Crippen LogP contribution is 2.27. The number of aryl methyl sites for hydroxylation is 2. The molecule has 1 saturated heterocycles. The lowest BCUT2D eigenvalue weighted by atomic mass is 9.90. The number of nitrogens with zero attached hydrogens (tertiary/aromatic N) is 5. The Balaban J connectivity index is 1.38. The summed E-state index contributed by atoms with van der Waals surface area (Å²) >= 11 is 0. The van der Waals surface area contributed by atoms with Gasteiger partial charge in [0, 0.05) is 30.4 Å². The lowest BCUT2D eigenvalue weighted by Crippen LogP contribution is -2.35. The van der Waals surface area contributed by atoms with Crippen LogP contribution in [-0.2, 0) is 6.42 Å². The molecule has 0 N–H and O–H groups in total. The maximum absolute atomic E-state index is 4.82. The van der Waals surface area contributed by atoms with Gasteiger partial charge in [0.1, 0.15) is 5.82 Å². The Morgan fingerprint density at radius 2 is 1.63 bits per heavy atom. The van der Waals surface area contributed by atoms with Crippen molar-refractivity contribution >= 4 is 11.6 Å². The first kappa shape index (κ1) is 18.8. The smallest absolute Gasteiger partial charge is 0.254 e. The molecule has 2 aromatic carbocycles. The predicted octanol–water partition coefficient (Wildman–Crippen LogP) is 4.87. The van der Waals surface area contributed by atoms with Crippen molar-refractivity contribution in [2.24, 2.45) is 5.92 Å². The van der Waals surface area contributed by atoms with E-state index < -0.39 is 0 Å². The van der Waals surface area contributed by atoms with Crippen molar-refractivity contribution in [1.29, 1.82) is 0 Å². The number of piperidine rings is 1. The monoisotopic (exact) mass is 397 g/mol. The molecule has 1 aliphatic rings. The fraction of sp³-hybridized carbons (Fsp3) is 0.320. The maximum Gasteiger partial charge on any atom is 0.254 e. The van der Waals surface area contributed by atoms with Gasteiger partial charge < -0.3 is 4.90 Å². The van der Waals surface area contributed by atoms with Crippen LogP contribution in [0.1, 0.15) is 29.7 Å². The van der Waals surface area contributed by atoms with Gasteiger partial charge in [-0.2, -0.15) is 9.50 Å². The topological polar surface area (TPSA) is 46.3 Å². The molecule has 1 aliphatic heterocycles. The summed E-state index contributed by atoms with van der Waals surface area (Å²) in [5.74, 6) is 3.24. The second-order valence-corrected chi connectivity index (χ2v) is 8.39. The van der Waals surface area contributed by atoms with Crippen LogP contribution in [0, 0.1) is 19.8 Å². The van der Waals surface area contributed by atoms with Gasteiger partial charge in [-0.1, -0.05) is 60.2 Å². The molecule has 1 fully saturated rings. The SMILES string of the molecule is Cc1ccc(-c2nc3nc(C)cc(N4CCC(Cc5ccccc5)CC4)n3n2)cc1. The number of rotatable bonds is 4. The fourth-order valence-electron chi connectivity index (χ4n) is 4.33. The molecule has 5 heteroatoms. The number of anilines is 1. The van der Waals surface area contributed by atoms with Crippen LogP contribution in [0.3, 0.4) is 0 Å². The third kappa shape index (κ3) is 3.80. The number of hydrogen-bond acceptors (Lipinski definition) is 4. The van der Waals surface area contributed by atoms with Gasteiger partial charge in [-0.25, -0.2) is 4.98 Å². The van der Waals surface area contributed by atoms with E-state index >= 15 is 0 Å². The first-order chi connectivity index (χ1) is 14.7. The summed E-state index contributed by atoms with van der Waals surface area (Å²) in [5, 5.41) is 4.82. The zero-order valence-electron chi connectivity index (χ0n) is 17.6. The van der Waals surface area contributed by atoms with Gasteiger partial charge in [0.15, 0.2) is 5.82 Å². The average molecular weight is 398 g/mol. The molecule has 0 aliphatic carbocycles. The third-order valence-corrected chi connectivity index (χ3v) is 6.04. The summed E-state index contributed by atoms with van der Waals surface area (Å²) in [7, 11) is 0. The molecule has 3 heterocycles. The minimum Gasteiger partial charge on any atom is -0.356 e. The summed E-state index contributed by atoms with van der Waals surface area (Å²) < 4.78 is 1.92. The number of aromatic nitrogens is 4. The third-order valence-electron chi connectivity index (χ3n) is 6.04. The molecule has 5 rings (SSSR count). The average Bonchev–Trinajstić information content (AvgIpc) is 3.19. The molecule has 0 unspecified atom stereocenters. The van der Waals surface area contributed by atoms with Crippen molar-refractivity contribution in [3.63, 3.8) is 0 Å². The quantitative estimate of drug-likeness (QED) is 0.493. The molecular formula is C25H27N5. The Hall–Kier alpha value is -3.21. The zero-order chi connectivity index (χ0) is 20.5. The molecule has 30 heavy (non-hydrogen) atoms.